The van der Waals surface area contributed by atoms with Crippen LogP contribution >= 0.6 is 0 Å². The molecule has 2 N–H and O–H groups in total. The van der Waals surface area contributed by atoms with Gasteiger partial charge in [-0.2, -0.15) is 0 Å². The van der Waals surface area contributed by atoms with Crippen molar-refractivity contribution in [3.8, 4) is 0 Å². The SMILES string of the molecule is C[C@H]1C(=O)C[C@H](c2ccccc2)C2(C(=O)NNC2=O)[C@@H]1c1ccccc1. The fourth-order valence-electron chi connectivity index (χ4n) is 4.65. The number of ketones is 1. The summed E-state index contributed by atoms with van der Waals surface area (Å²) in [6, 6.07) is 18.8. The Bertz CT molecular complexity index is 847. The summed E-state index contributed by atoms with van der Waals surface area (Å²) in [5.41, 5.74) is 5.36. The summed E-state index contributed by atoms with van der Waals surface area (Å²) >= 11 is 0. The summed E-state index contributed by atoms with van der Waals surface area (Å²) in [5, 5.41) is 0. The Morgan fingerprint density at radius 3 is 1.85 bits per heavy atom. The minimum Gasteiger partial charge on any atom is -0.299 e. The molecule has 4 rings (SSSR count). The van der Waals surface area contributed by atoms with E-state index in [1.165, 1.54) is 0 Å². The monoisotopic (exact) mass is 348 g/mol. The quantitative estimate of drug-likeness (QED) is 0.818. The van der Waals surface area contributed by atoms with Crippen LogP contribution in [0.3, 0.4) is 0 Å². The first-order valence-corrected chi connectivity index (χ1v) is 8.80. The minimum absolute atomic E-state index is 0.0748. The van der Waals surface area contributed by atoms with E-state index in [4.69, 9.17) is 0 Å². The first-order chi connectivity index (χ1) is 12.6. The van der Waals surface area contributed by atoms with E-state index in [0.717, 1.165) is 11.1 Å². The molecule has 3 atom stereocenters. The molecule has 1 heterocycles. The molecular formula is C21H20N2O3. The first kappa shape index (κ1) is 16.5. The molecule has 1 saturated heterocycles. The standard InChI is InChI=1S/C21H20N2O3/c1-13-17(24)12-16(14-8-4-2-5-9-14)21(19(25)22-23-20(21)26)18(13)15-10-6-3-7-11-15/h2-11,13,16,18H,12H2,1H3,(H,22,25)(H,23,26)/t13-,16+,18-/m0/s1. The van der Waals surface area contributed by atoms with Gasteiger partial charge in [-0.3, -0.25) is 25.2 Å². The normalized spacial score (nSPS) is 27.3. The van der Waals surface area contributed by atoms with Gasteiger partial charge in [-0.25, -0.2) is 0 Å². The number of nitrogens with one attached hydrogen (secondary N) is 2. The number of hydrazine groups is 1. The number of Topliss-reactive ketones (excluding diaryl/α,β-unsaturated/α-hetero) is 1. The lowest BCUT2D eigenvalue weighted by Crippen LogP contribution is -2.53. The Balaban J connectivity index is 1.97. The maximum absolute atomic E-state index is 13.1. The van der Waals surface area contributed by atoms with Crippen LogP contribution in [0, 0.1) is 11.3 Å². The molecule has 26 heavy (non-hydrogen) atoms. The van der Waals surface area contributed by atoms with Crippen LogP contribution in [-0.2, 0) is 14.4 Å². The van der Waals surface area contributed by atoms with Gasteiger partial charge in [-0.05, 0) is 11.1 Å². The van der Waals surface area contributed by atoms with Crippen LogP contribution in [0.5, 0.6) is 0 Å². The molecular weight excluding hydrogens is 328 g/mol. The molecule has 5 heteroatoms. The number of hydrogen-bond acceptors (Lipinski definition) is 3. The molecule has 1 saturated carbocycles. The van der Waals surface area contributed by atoms with E-state index in [0.29, 0.717) is 0 Å². The Morgan fingerprint density at radius 1 is 0.808 bits per heavy atom. The molecule has 2 aliphatic rings. The van der Waals surface area contributed by atoms with Gasteiger partial charge in [0.25, 0.3) is 11.8 Å². The maximum Gasteiger partial charge on any atom is 0.255 e. The number of benzene rings is 2. The second-order valence-electron chi connectivity index (χ2n) is 7.09. The molecule has 1 aliphatic heterocycles. The zero-order chi connectivity index (χ0) is 18.3. The van der Waals surface area contributed by atoms with Crippen LogP contribution in [0.15, 0.2) is 60.7 Å². The van der Waals surface area contributed by atoms with Crippen LogP contribution < -0.4 is 10.9 Å². The van der Waals surface area contributed by atoms with Crippen molar-refractivity contribution < 1.29 is 14.4 Å². The Hall–Kier alpha value is -2.95. The summed E-state index contributed by atoms with van der Waals surface area (Å²) < 4.78 is 0. The van der Waals surface area contributed by atoms with Gasteiger partial charge < -0.3 is 0 Å². The van der Waals surface area contributed by atoms with Gasteiger partial charge in [0.15, 0.2) is 0 Å². The van der Waals surface area contributed by atoms with Crippen molar-refractivity contribution in [3.63, 3.8) is 0 Å². The Kier molecular flexibility index (Phi) is 3.87. The van der Waals surface area contributed by atoms with E-state index in [1.807, 2.05) is 67.6 Å². The molecule has 1 spiro atoms. The molecule has 2 aromatic carbocycles. The van der Waals surface area contributed by atoms with Crippen molar-refractivity contribution in [3.05, 3.63) is 71.8 Å². The van der Waals surface area contributed by atoms with E-state index in [9.17, 15) is 14.4 Å². The predicted molar refractivity (Wildman–Crippen MR) is 95.9 cm³/mol. The lowest BCUT2D eigenvalue weighted by Gasteiger charge is -2.46. The zero-order valence-corrected chi connectivity index (χ0v) is 14.4. The molecule has 0 bridgehead atoms. The van der Waals surface area contributed by atoms with E-state index in [1.54, 1.807) is 0 Å². The lowest BCUT2D eigenvalue weighted by atomic mass is 9.52. The maximum atomic E-state index is 13.1. The fourth-order valence-corrected chi connectivity index (χ4v) is 4.65. The Morgan fingerprint density at radius 2 is 1.31 bits per heavy atom. The van der Waals surface area contributed by atoms with Gasteiger partial charge in [-0.1, -0.05) is 67.6 Å². The second-order valence-corrected chi connectivity index (χ2v) is 7.09. The average Bonchev–Trinajstić information content (AvgIpc) is 2.96. The van der Waals surface area contributed by atoms with E-state index in [-0.39, 0.29) is 24.0 Å². The van der Waals surface area contributed by atoms with Gasteiger partial charge >= 0.3 is 0 Å². The molecule has 5 nitrogen and oxygen atoms in total. The van der Waals surface area contributed by atoms with Crippen molar-refractivity contribution in [2.45, 2.75) is 25.2 Å². The van der Waals surface area contributed by atoms with Gasteiger partial charge in [0.1, 0.15) is 11.2 Å². The number of carbonyl (C=O) groups is 3. The number of carbonyl (C=O) groups excluding carboxylic acids is 3. The van der Waals surface area contributed by atoms with Crippen LogP contribution in [0.25, 0.3) is 0 Å². The van der Waals surface area contributed by atoms with Crippen LogP contribution in [0.2, 0.25) is 0 Å². The molecule has 0 radical (unpaired) electrons. The van der Waals surface area contributed by atoms with Crippen LogP contribution in [0.4, 0.5) is 0 Å². The highest BCUT2D eigenvalue weighted by atomic mass is 16.2. The van der Waals surface area contributed by atoms with Crippen molar-refractivity contribution in [1.82, 2.24) is 10.9 Å². The molecule has 2 fully saturated rings. The molecule has 2 amide bonds. The molecule has 0 aromatic heterocycles. The van der Waals surface area contributed by atoms with Crippen LogP contribution in [-0.4, -0.2) is 17.6 Å². The third-order valence-electron chi connectivity index (χ3n) is 5.86. The average molecular weight is 348 g/mol. The van der Waals surface area contributed by atoms with E-state index < -0.39 is 23.2 Å². The summed E-state index contributed by atoms with van der Waals surface area (Å²) in [6.07, 6.45) is 0.176. The van der Waals surface area contributed by atoms with Crippen molar-refractivity contribution in [2.24, 2.45) is 11.3 Å². The predicted octanol–water partition coefficient (Wildman–Crippen LogP) is 2.31. The van der Waals surface area contributed by atoms with Gasteiger partial charge in [0.05, 0.1) is 0 Å². The molecule has 2 aromatic rings. The van der Waals surface area contributed by atoms with Gasteiger partial charge in [0, 0.05) is 24.2 Å². The summed E-state index contributed by atoms with van der Waals surface area (Å²) in [4.78, 5) is 39.0. The molecule has 0 unspecified atom stereocenters. The van der Waals surface area contributed by atoms with Crippen molar-refractivity contribution >= 4 is 17.6 Å². The van der Waals surface area contributed by atoms with Crippen molar-refractivity contribution in [1.29, 1.82) is 0 Å². The Labute approximate surface area is 151 Å². The highest BCUT2D eigenvalue weighted by Crippen LogP contribution is 2.57. The highest BCUT2D eigenvalue weighted by molar-refractivity contribution is 6.13. The smallest absolute Gasteiger partial charge is 0.255 e. The van der Waals surface area contributed by atoms with Gasteiger partial charge in [0.2, 0.25) is 0 Å². The summed E-state index contributed by atoms with van der Waals surface area (Å²) in [5.74, 6) is -2.08. The third-order valence-corrected chi connectivity index (χ3v) is 5.86. The van der Waals surface area contributed by atoms with Crippen molar-refractivity contribution in [2.75, 3.05) is 0 Å². The number of hydrogen-bond donors (Lipinski definition) is 2. The first-order valence-electron chi connectivity index (χ1n) is 8.80. The summed E-state index contributed by atoms with van der Waals surface area (Å²) in [6.45, 7) is 1.82. The van der Waals surface area contributed by atoms with E-state index >= 15 is 0 Å². The number of amides is 2. The van der Waals surface area contributed by atoms with Gasteiger partial charge in [-0.15, -0.1) is 0 Å². The van der Waals surface area contributed by atoms with E-state index in [2.05, 4.69) is 10.9 Å². The number of rotatable bonds is 2. The fraction of sp³-hybridized carbons (Fsp3) is 0.286. The highest BCUT2D eigenvalue weighted by Gasteiger charge is 2.65. The molecule has 1 aliphatic carbocycles. The minimum atomic E-state index is -1.34. The largest absolute Gasteiger partial charge is 0.299 e. The summed E-state index contributed by atoms with van der Waals surface area (Å²) in [7, 11) is 0. The third kappa shape index (κ3) is 2.20. The zero-order valence-electron chi connectivity index (χ0n) is 14.4. The topological polar surface area (TPSA) is 75.3 Å². The molecule has 132 valence electrons. The second kappa shape index (κ2) is 6.09. The van der Waals surface area contributed by atoms with Crippen LogP contribution in [0.1, 0.15) is 36.3 Å². The lowest BCUT2D eigenvalue weighted by molar-refractivity contribution is -0.146.